The standard InChI is InChI=1S/C31H48O2/c1-20-9-15-28(3)22(17-20)7-8-23-24(28)10-16-29(4)25(23)18-26-27(29)21(2)31(33-26)14-6-13-30(19-32-31)11-5-12-30/h7,20-21,23-27H,5-6,8-19H2,1-4H3. The summed E-state index contributed by atoms with van der Waals surface area (Å²) in [5.74, 6) is 4.52. The Bertz CT molecular complexity index is 842. The van der Waals surface area contributed by atoms with Crippen LogP contribution in [0.2, 0.25) is 0 Å². The van der Waals surface area contributed by atoms with Gasteiger partial charge in [-0.15, -0.1) is 0 Å². The van der Waals surface area contributed by atoms with Crippen LogP contribution < -0.4 is 0 Å². The topological polar surface area (TPSA) is 18.5 Å². The summed E-state index contributed by atoms with van der Waals surface area (Å²) in [6.45, 7) is 11.3. The molecular formula is C31H48O2. The van der Waals surface area contributed by atoms with Crippen LogP contribution in [-0.4, -0.2) is 18.5 Å². The molecule has 2 nitrogen and oxygen atoms in total. The van der Waals surface area contributed by atoms with Crippen molar-refractivity contribution in [2.75, 3.05) is 6.61 Å². The van der Waals surface area contributed by atoms with Crippen molar-refractivity contribution in [2.45, 2.75) is 123 Å². The lowest BCUT2D eigenvalue weighted by atomic mass is 9.46. The minimum absolute atomic E-state index is 0.273. The molecule has 184 valence electrons. The highest BCUT2D eigenvalue weighted by atomic mass is 16.7. The molecule has 2 heterocycles. The molecule has 2 aliphatic heterocycles. The Balaban J connectivity index is 1.15. The van der Waals surface area contributed by atoms with Gasteiger partial charge in [-0.2, -0.15) is 0 Å². The molecule has 6 fully saturated rings. The summed E-state index contributed by atoms with van der Waals surface area (Å²) in [6, 6.07) is 0. The minimum Gasteiger partial charge on any atom is -0.349 e. The largest absolute Gasteiger partial charge is 0.349 e. The average molecular weight is 453 g/mol. The Kier molecular flexibility index (Phi) is 4.72. The second-order valence-corrected chi connectivity index (χ2v) is 14.7. The van der Waals surface area contributed by atoms with Gasteiger partial charge in [0, 0.05) is 12.3 Å². The van der Waals surface area contributed by atoms with Gasteiger partial charge in [0.15, 0.2) is 5.79 Å². The zero-order valence-corrected chi connectivity index (χ0v) is 21.8. The summed E-state index contributed by atoms with van der Waals surface area (Å²) >= 11 is 0. The number of hydrogen-bond acceptors (Lipinski definition) is 2. The van der Waals surface area contributed by atoms with Gasteiger partial charge in [0.25, 0.3) is 0 Å². The maximum absolute atomic E-state index is 7.11. The first kappa shape index (κ1) is 21.9. The van der Waals surface area contributed by atoms with E-state index in [1.54, 1.807) is 0 Å². The fourth-order valence-electron chi connectivity index (χ4n) is 11.2. The Labute approximate surface area is 202 Å². The van der Waals surface area contributed by atoms with Gasteiger partial charge in [0.05, 0.1) is 12.7 Å². The number of allylic oxidation sites excluding steroid dienone is 2. The van der Waals surface area contributed by atoms with Gasteiger partial charge < -0.3 is 9.47 Å². The zero-order valence-electron chi connectivity index (χ0n) is 21.8. The lowest BCUT2D eigenvalue weighted by Gasteiger charge is -2.58. The lowest BCUT2D eigenvalue weighted by molar-refractivity contribution is -0.258. The van der Waals surface area contributed by atoms with E-state index in [1.165, 1.54) is 77.0 Å². The molecule has 2 heteroatoms. The summed E-state index contributed by atoms with van der Waals surface area (Å²) in [4.78, 5) is 0. The molecule has 33 heavy (non-hydrogen) atoms. The minimum atomic E-state index is -0.273. The molecule has 10 atom stereocenters. The summed E-state index contributed by atoms with van der Waals surface area (Å²) < 4.78 is 14.0. The van der Waals surface area contributed by atoms with Crippen LogP contribution in [0, 0.1) is 51.8 Å². The second-order valence-electron chi connectivity index (χ2n) is 14.7. The van der Waals surface area contributed by atoms with Crippen molar-refractivity contribution in [1.82, 2.24) is 0 Å². The highest BCUT2D eigenvalue weighted by Crippen LogP contribution is 2.71. The van der Waals surface area contributed by atoms with E-state index < -0.39 is 0 Å². The smallest absolute Gasteiger partial charge is 0.171 e. The molecule has 2 saturated heterocycles. The van der Waals surface area contributed by atoms with Crippen LogP contribution >= 0.6 is 0 Å². The fourth-order valence-corrected chi connectivity index (χ4v) is 11.2. The molecule has 0 aromatic rings. The molecule has 0 bridgehead atoms. The van der Waals surface area contributed by atoms with E-state index >= 15 is 0 Å². The zero-order chi connectivity index (χ0) is 22.6. The molecule has 4 saturated carbocycles. The van der Waals surface area contributed by atoms with Crippen LogP contribution in [0.1, 0.15) is 111 Å². The van der Waals surface area contributed by atoms with E-state index in [0.29, 0.717) is 34.2 Å². The van der Waals surface area contributed by atoms with Crippen LogP contribution in [0.5, 0.6) is 0 Å². The van der Waals surface area contributed by atoms with Gasteiger partial charge in [-0.25, -0.2) is 0 Å². The Morgan fingerprint density at radius 2 is 1.70 bits per heavy atom. The predicted octanol–water partition coefficient (Wildman–Crippen LogP) is 7.91. The number of hydrogen-bond donors (Lipinski definition) is 0. The molecule has 0 aromatic heterocycles. The van der Waals surface area contributed by atoms with Crippen LogP contribution in [0.4, 0.5) is 0 Å². The molecule has 7 rings (SSSR count). The molecule has 7 aliphatic rings. The summed E-state index contributed by atoms with van der Waals surface area (Å²) in [7, 11) is 0. The molecule has 0 aromatic carbocycles. The second kappa shape index (κ2) is 7.12. The normalized spacial score (nSPS) is 56.8. The quantitative estimate of drug-likeness (QED) is 0.348. The van der Waals surface area contributed by atoms with Crippen molar-refractivity contribution in [3.8, 4) is 0 Å². The summed E-state index contributed by atoms with van der Waals surface area (Å²) in [6.07, 6.45) is 20.9. The monoisotopic (exact) mass is 452 g/mol. The molecule has 2 spiro atoms. The van der Waals surface area contributed by atoms with Crippen molar-refractivity contribution in [2.24, 2.45) is 51.8 Å². The molecule has 0 N–H and O–H groups in total. The molecule has 0 radical (unpaired) electrons. The lowest BCUT2D eigenvalue weighted by Crippen LogP contribution is -2.51. The third-order valence-corrected chi connectivity index (χ3v) is 13.3. The summed E-state index contributed by atoms with van der Waals surface area (Å²) in [5, 5.41) is 0. The van der Waals surface area contributed by atoms with Gasteiger partial charge in [-0.05, 0) is 116 Å². The molecule has 5 aliphatic carbocycles. The van der Waals surface area contributed by atoms with E-state index in [0.717, 1.165) is 36.7 Å². The summed E-state index contributed by atoms with van der Waals surface area (Å²) in [5.41, 5.74) is 3.28. The maximum Gasteiger partial charge on any atom is 0.171 e. The fraction of sp³-hybridized carbons (Fsp3) is 0.935. The van der Waals surface area contributed by atoms with E-state index in [9.17, 15) is 0 Å². The van der Waals surface area contributed by atoms with Crippen molar-refractivity contribution in [3.63, 3.8) is 0 Å². The SMILES string of the molecule is CC1CCC2(C)C(=CCC3C2CCC2(C)C3CC3OC4(CCCC5(CCC5)CO4)C(C)C32)C1. The third-order valence-electron chi connectivity index (χ3n) is 13.3. The van der Waals surface area contributed by atoms with Gasteiger partial charge in [-0.3, -0.25) is 0 Å². The van der Waals surface area contributed by atoms with Gasteiger partial charge in [0.1, 0.15) is 0 Å². The number of ether oxygens (including phenoxy) is 2. The van der Waals surface area contributed by atoms with Gasteiger partial charge in [0.2, 0.25) is 0 Å². The van der Waals surface area contributed by atoms with Crippen LogP contribution in [-0.2, 0) is 9.47 Å². The van der Waals surface area contributed by atoms with Crippen molar-refractivity contribution in [1.29, 1.82) is 0 Å². The maximum atomic E-state index is 7.11. The molecule has 0 amide bonds. The number of rotatable bonds is 0. The van der Waals surface area contributed by atoms with Gasteiger partial charge >= 0.3 is 0 Å². The average Bonchev–Trinajstić information content (AvgIpc) is 3.09. The van der Waals surface area contributed by atoms with Crippen molar-refractivity contribution < 1.29 is 9.47 Å². The molecular weight excluding hydrogens is 404 g/mol. The van der Waals surface area contributed by atoms with E-state index in [-0.39, 0.29) is 5.79 Å². The van der Waals surface area contributed by atoms with Crippen LogP contribution in [0.15, 0.2) is 11.6 Å². The Morgan fingerprint density at radius 1 is 0.909 bits per heavy atom. The molecule has 10 unspecified atom stereocenters. The van der Waals surface area contributed by atoms with Crippen LogP contribution in [0.3, 0.4) is 0 Å². The van der Waals surface area contributed by atoms with Crippen molar-refractivity contribution in [3.05, 3.63) is 11.6 Å². The highest BCUT2D eigenvalue weighted by Gasteiger charge is 2.68. The van der Waals surface area contributed by atoms with Crippen LogP contribution in [0.25, 0.3) is 0 Å². The first-order valence-electron chi connectivity index (χ1n) is 14.8. The Hall–Kier alpha value is -0.340. The predicted molar refractivity (Wildman–Crippen MR) is 133 cm³/mol. The van der Waals surface area contributed by atoms with E-state index in [1.807, 2.05) is 5.57 Å². The van der Waals surface area contributed by atoms with E-state index in [2.05, 4.69) is 33.8 Å². The third kappa shape index (κ3) is 2.86. The van der Waals surface area contributed by atoms with Gasteiger partial charge in [-0.1, -0.05) is 45.8 Å². The van der Waals surface area contributed by atoms with Crippen molar-refractivity contribution >= 4 is 0 Å². The first-order chi connectivity index (χ1) is 15.8. The highest BCUT2D eigenvalue weighted by molar-refractivity contribution is 5.26. The first-order valence-corrected chi connectivity index (χ1v) is 14.8. The number of fused-ring (bicyclic) bond motifs is 7. The Morgan fingerprint density at radius 3 is 2.48 bits per heavy atom. The van der Waals surface area contributed by atoms with E-state index in [4.69, 9.17) is 9.47 Å².